The molecule has 14 heteroatoms. The molecule has 0 fully saturated rings. The Morgan fingerprint density at radius 1 is 1.05 bits per heavy atom. The molecule has 0 atom stereocenters. The number of nitrogens with one attached hydrogen (secondary N) is 4. The van der Waals surface area contributed by atoms with Crippen LogP contribution in [0.5, 0.6) is 0 Å². The number of hydrogen-bond acceptors (Lipinski definition) is 8. The van der Waals surface area contributed by atoms with E-state index in [0.29, 0.717) is 21.9 Å². The van der Waals surface area contributed by atoms with Crippen molar-refractivity contribution in [2.24, 2.45) is 0 Å². The minimum absolute atomic E-state index is 0.338. The molecule has 4 aromatic rings. The van der Waals surface area contributed by atoms with Crippen molar-refractivity contribution in [3.8, 4) is 0 Å². The van der Waals surface area contributed by atoms with E-state index in [4.69, 9.17) is 16.4 Å². The molecule has 1 aliphatic heterocycles. The van der Waals surface area contributed by atoms with E-state index in [0.717, 1.165) is 41.0 Å². The van der Waals surface area contributed by atoms with E-state index in [2.05, 4.69) is 48.4 Å². The SMILES string of the molecule is O=C(Nc1nccs1)Nc1ccc2cc1CCc1cccc(c1)Nc1ncc(Cl)c(n1)N2.O=CC(F)(F)F. The molecule has 0 radical (unpaired) electrons. The summed E-state index contributed by atoms with van der Waals surface area (Å²) in [5.41, 5.74) is 4.56. The van der Waals surface area contributed by atoms with E-state index < -0.39 is 12.5 Å². The normalized spacial score (nSPS) is 12.1. The first-order valence-electron chi connectivity index (χ1n) is 11.0. The fraction of sp³-hybridized carbons (Fsp3) is 0.125. The van der Waals surface area contributed by atoms with E-state index in [1.54, 1.807) is 17.8 Å². The average molecular weight is 562 g/mol. The Kier molecular flexibility index (Phi) is 8.38. The number of aromatic nitrogens is 3. The zero-order valence-corrected chi connectivity index (χ0v) is 20.9. The van der Waals surface area contributed by atoms with Crippen molar-refractivity contribution in [1.29, 1.82) is 0 Å². The predicted octanol–water partition coefficient (Wildman–Crippen LogP) is 6.56. The average Bonchev–Trinajstić information content (AvgIpc) is 3.39. The van der Waals surface area contributed by atoms with Crippen molar-refractivity contribution < 1.29 is 22.8 Å². The maximum atomic E-state index is 12.5. The van der Waals surface area contributed by atoms with E-state index in [1.807, 2.05) is 30.3 Å². The molecule has 0 saturated carbocycles. The van der Waals surface area contributed by atoms with Gasteiger partial charge in [0.05, 0.1) is 6.20 Å². The van der Waals surface area contributed by atoms with Crippen LogP contribution in [0, 0.1) is 0 Å². The lowest BCUT2D eigenvalue weighted by Gasteiger charge is -2.14. The van der Waals surface area contributed by atoms with Crippen LogP contribution in [-0.2, 0) is 17.6 Å². The van der Waals surface area contributed by atoms with Gasteiger partial charge in [-0.25, -0.2) is 14.8 Å². The van der Waals surface area contributed by atoms with Crippen molar-refractivity contribution in [2.45, 2.75) is 19.0 Å². The lowest BCUT2D eigenvalue weighted by Crippen LogP contribution is -2.20. The summed E-state index contributed by atoms with van der Waals surface area (Å²) < 4.78 is 31.2. The van der Waals surface area contributed by atoms with Crippen LogP contribution in [0.25, 0.3) is 0 Å². The zero-order valence-electron chi connectivity index (χ0n) is 19.3. The molecule has 196 valence electrons. The van der Waals surface area contributed by atoms with Crippen LogP contribution in [0.2, 0.25) is 5.02 Å². The molecular formula is C24H19ClF3N7O2S. The van der Waals surface area contributed by atoms with E-state index in [-0.39, 0.29) is 6.03 Å². The number of hydrogen-bond donors (Lipinski definition) is 4. The fourth-order valence-corrected chi connectivity index (χ4v) is 4.06. The Bertz CT molecular complexity index is 1440. The maximum absolute atomic E-state index is 12.5. The molecule has 3 heterocycles. The third-order valence-electron chi connectivity index (χ3n) is 5.01. The molecule has 38 heavy (non-hydrogen) atoms. The summed E-state index contributed by atoms with van der Waals surface area (Å²) in [6.45, 7) is 0. The molecule has 9 nitrogen and oxygen atoms in total. The quantitative estimate of drug-likeness (QED) is 0.204. The first-order valence-corrected chi connectivity index (χ1v) is 12.2. The monoisotopic (exact) mass is 561 g/mol. The molecule has 2 aromatic carbocycles. The molecule has 4 N–H and O–H groups in total. The van der Waals surface area contributed by atoms with Crippen LogP contribution in [0.15, 0.2) is 60.2 Å². The molecular weight excluding hydrogens is 543 g/mol. The van der Waals surface area contributed by atoms with Crippen LogP contribution < -0.4 is 21.3 Å². The van der Waals surface area contributed by atoms with Gasteiger partial charge in [0, 0.05) is 28.6 Å². The summed E-state index contributed by atoms with van der Waals surface area (Å²) in [6, 6.07) is 13.5. The number of nitrogens with zero attached hydrogens (tertiary/aromatic N) is 3. The van der Waals surface area contributed by atoms with Crippen molar-refractivity contribution in [3.05, 3.63) is 76.4 Å². The number of rotatable bonds is 2. The minimum Gasteiger partial charge on any atom is -0.339 e. The number of alkyl halides is 3. The Morgan fingerprint density at radius 3 is 2.58 bits per heavy atom. The number of urea groups is 1. The molecule has 2 amide bonds. The van der Waals surface area contributed by atoms with Gasteiger partial charge in [-0.05, 0) is 54.3 Å². The first-order chi connectivity index (χ1) is 18.2. The van der Waals surface area contributed by atoms with Crippen LogP contribution in [0.4, 0.5) is 51.9 Å². The summed E-state index contributed by atoms with van der Waals surface area (Å²) in [5.74, 6) is 0.943. The third-order valence-corrected chi connectivity index (χ3v) is 5.98. The topological polar surface area (TPSA) is 121 Å². The van der Waals surface area contributed by atoms with Crippen LogP contribution in [-0.4, -0.2) is 33.4 Å². The smallest absolute Gasteiger partial charge is 0.339 e. The number of aldehydes is 1. The van der Waals surface area contributed by atoms with Crippen molar-refractivity contribution >= 4 is 69.2 Å². The minimum atomic E-state index is -4.64. The number of benzene rings is 2. The summed E-state index contributed by atoms with van der Waals surface area (Å²) in [6.07, 6.45) is -0.981. The lowest BCUT2D eigenvalue weighted by atomic mass is 10.0. The maximum Gasteiger partial charge on any atom is 0.446 e. The number of aryl methyl sites for hydroxylation is 2. The van der Waals surface area contributed by atoms with Gasteiger partial charge in [0.15, 0.2) is 10.9 Å². The van der Waals surface area contributed by atoms with Gasteiger partial charge in [-0.3, -0.25) is 10.1 Å². The van der Waals surface area contributed by atoms with Crippen molar-refractivity contribution in [2.75, 3.05) is 21.3 Å². The van der Waals surface area contributed by atoms with Gasteiger partial charge in [-0.1, -0.05) is 23.7 Å². The second-order valence-electron chi connectivity index (χ2n) is 7.79. The highest BCUT2D eigenvalue weighted by Gasteiger charge is 2.25. The second-order valence-corrected chi connectivity index (χ2v) is 9.09. The molecule has 0 saturated heterocycles. The van der Waals surface area contributed by atoms with E-state index in [9.17, 15) is 18.0 Å². The summed E-state index contributed by atoms with van der Waals surface area (Å²) >= 11 is 7.68. The number of fused-ring (bicyclic) bond motifs is 6. The highest BCUT2D eigenvalue weighted by molar-refractivity contribution is 7.13. The van der Waals surface area contributed by atoms with E-state index in [1.165, 1.54) is 11.3 Å². The van der Waals surface area contributed by atoms with Gasteiger partial charge < -0.3 is 16.0 Å². The molecule has 1 aliphatic rings. The van der Waals surface area contributed by atoms with Gasteiger partial charge in [0.1, 0.15) is 5.02 Å². The zero-order chi connectivity index (χ0) is 27.1. The third kappa shape index (κ3) is 7.63. The molecule has 0 aliphatic carbocycles. The van der Waals surface area contributed by atoms with Gasteiger partial charge in [0.25, 0.3) is 0 Å². The number of anilines is 6. The number of thiazole rings is 1. The van der Waals surface area contributed by atoms with Gasteiger partial charge in [-0.15, -0.1) is 11.3 Å². The predicted molar refractivity (Wildman–Crippen MR) is 141 cm³/mol. The standard InChI is InChI=1S/C22H18ClN7OS.C2HF3O/c23-17-12-25-20-27-15-3-1-2-13(10-15)4-5-14-11-16(26-19(17)29-20)6-7-18(14)28-21(31)30-22-24-8-9-32-22;3-2(4,5)1-6/h1-3,6-12H,4-5H2,(H2,24,28,30,31)(H2,25,26,27,29);1H. The van der Waals surface area contributed by atoms with Crippen molar-refractivity contribution in [3.63, 3.8) is 0 Å². The summed E-state index contributed by atoms with van der Waals surface area (Å²) in [5, 5.41) is 14.9. The number of carbonyl (C=O) groups excluding carboxylic acids is 2. The fourth-order valence-electron chi connectivity index (χ4n) is 3.40. The lowest BCUT2D eigenvalue weighted by molar-refractivity contribution is -0.156. The highest BCUT2D eigenvalue weighted by atomic mass is 35.5. The first kappa shape index (κ1) is 26.8. The van der Waals surface area contributed by atoms with Gasteiger partial charge in [0.2, 0.25) is 12.2 Å². The summed E-state index contributed by atoms with van der Waals surface area (Å²) in [7, 11) is 0. The Hall–Kier alpha value is -4.23. The van der Waals surface area contributed by atoms with Gasteiger partial charge >= 0.3 is 12.2 Å². The van der Waals surface area contributed by atoms with Crippen molar-refractivity contribution in [1.82, 2.24) is 15.0 Å². The Labute approximate surface area is 223 Å². The van der Waals surface area contributed by atoms with Crippen LogP contribution in [0.3, 0.4) is 0 Å². The second kappa shape index (κ2) is 11.9. The van der Waals surface area contributed by atoms with Crippen LogP contribution >= 0.6 is 22.9 Å². The molecule has 5 rings (SSSR count). The van der Waals surface area contributed by atoms with Crippen LogP contribution in [0.1, 0.15) is 11.1 Å². The molecule has 6 bridgehead atoms. The Morgan fingerprint density at radius 2 is 1.84 bits per heavy atom. The van der Waals surface area contributed by atoms with Gasteiger partial charge in [-0.2, -0.15) is 18.2 Å². The molecule has 0 unspecified atom stereocenters. The Balaban J connectivity index is 0.000000505. The number of carbonyl (C=O) groups is 2. The number of amides is 2. The highest BCUT2D eigenvalue weighted by Crippen LogP contribution is 2.29. The largest absolute Gasteiger partial charge is 0.446 e. The number of halogens is 4. The summed E-state index contributed by atoms with van der Waals surface area (Å²) in [4.78, 5) is 34.0. The molecule has 2 aromatic heterocycles. The van der Waals surface area contributed by atoms with E-state index >= 15 is 0 Å². The molecule has 0 spiro atoms.